The van der Waals surface area contributed by atoms with Gasteiger partial charge in [-0.25, -0.2) is 9.50 Å². The van der Waals surface area contributed by atoms with Crippen molar-refractivity contribution in [1.29, 1.82) is 0 Å². The second kappa shape index (κ2) is 6.06. The van der Waals surface area contributed by atoms with E-state index in [1.165, 1.54) is 11.9 Å². The summed E-state index contributed by atoms with van der Waals surface area (Å²) in [5.74, 6) is 0.617. The Bertz CT molecular complexity index is 792. The molecule has 1 atom stereocenters. The third-order valence-corrected chi connectivity index (χ3v) is 4.45. The number of morpholine rings is 1. The molecule has 0 spiro atoms. The quantitative estimate of drug-likeness (QED) is 0.742. The van der Waals surface area contributed by atoms with Gasteiger partial charge in [0.2, 0.25) is 0 Å². The van der Waals surface area contributed by atoms with Gasteiger partial charge in [0.25, 0.3) is 5.78 Å². The number of hydrogen-bond donors (Lipinski definition) is 0. The van der Waals surface area contributed by atoms with Crippen LogP contribution in [0.4, 0.5) is 0 Å². The van der Waals surface area contributed by atoms with Crippen LogP contribution in [-0.2, 0) is 4.74 Å². The number of ether oxygens (including phenoxy) is 1. The first kappa shape index (κ1) is 14.3. The summed E-state index contributed by atoms with van der Waals surface area (Å²) in [6, 6.07) is 9.09. The minimum absolute atomic E-state index is 0.406. The summed E-state index contributed by atoms with van der Waals surface area (Å²) in [5.41, 5.74) is 3.49. The third kappa shape index (κ3) is 2.83. The molecule has 23 heavy (non-hydrogen) atoms. The zero-order chi connectivity index (χ0) is 15.6. The lowest BCUT2D eigenvalue weighted by Crippen LogP contribution is -2.37. The molecule has 0 saturated carbocycles. The van der Waals surface area contributed by atoms with Crippen LogP contribution in [0, 0.1) is 0 Å². The fraction of sp³-hybridized carbons (Fsp3) is 0.353. The van der Waals surface area contributed by atoms with Crippen LogP contribution in [0.15, 0.2) is 43.0 Å². The third-order valence-electron chi connectivity index (χ3n) is 4.45. The van der Waals surface area contributed by atoms with Crippen molar-refractivity contribution < 1.29 is 4.74 Å². The number of fused-ring (bicyclic) bond motifs is 1. The van der Waals surface area contributed by atoms with Gasteiger partial charge >= 0.3 is 0 Å². The van der Waals surface area contributed by atoms with E-state index in [1.54, 1.807) is 4.52 Å². The Labute approximate surface area is 134 Å². The lowest BCUT2D eigenvalue weighted by Gasteiger charge is -2.32. The first-order valence-corrected chi connectivity index (χ1v) is 7.89. The second-order valence-corrected chi connectivity index (χ2v) is 5.79. The number of nitrogens with zero attached hydrogens (tertiary/aromatic N) is 5. The molecule has 0 bridgehead atoms. The monoisotopic (exact) mass is 309 g/mol. The topological polar surface area (TPSA) is 55.5 Å². The normalized spacial score (nSPS) is 17.4. The van der Waals surface area contributed by atoms with E-state index in [0.717, 1.165) is 37.4 Å². The minimum atomic E-state index is 0.406. The molecule has 1 aliphatic heterocycles. The van der Waals surface area contributed by atoms with Crippen molar-refractivity contribution in [3.05, 3.63) is 48.5 Å². The molecule has 2 aromatic heterocycles. The maximum Gasteiger partial charge on any atom is 0.252 e. The molecule has 1 aromatic carbocycles. The lowest BCUT2D eigenvalue weighted by molar-refractivity contribution is 0.0198. The van der Waals surface area contributed by atoms with Crippen molar-refractivity contribution in [2.24, 2.45) is 0 Å². The molecule has 4 rings (SSSR count). The maximum absolute atomic E-state index is 5.43. The van der Waals surface area contributed by atoms with Gasteiger partial charge in [-0.15, -0.1) is 0 Å². The van der Waals surface area contributed by atoms with Crippen molar-refractivity contribution in [2.75, 3.05) is 26.3 Å². The smallest absolute Gasteiger partial charge is 0.252 e. The van der Waals surface area contributed by atoms with Gasteiger partial charge in [0.15, 0.2) is 0 Å². The van der Waals surface area contributed by atoms with E-state index in [1.807, 2.05) is 12.4 Å². The van der Waals surface area contributed by atoms with E-state index < -0.39 is 0 Å². The summed E-state index contributed by atoms with van der Waals surface area (Å²) < 4.78 is 7.12. The van der Waals surface area contributed by atoms with E-state index in [-0.39, 0.29) is 0 Å². The largest absolute Gasteiger partial charge is 0.379 e. The standard InChI is InChI=1S/C17H19N5O/c1-13(21-6-8-23-9-7-21)14-2-4-15(5-3-14)16-10-18-17-19-12-20-22(17)11-16/h2-5,10-13H,6-9H2,1H3/t13-/m0/s1. The Balaban J connectivity index is 1.57. The highest BCUT2D eigenvalue weighted by Gasteiger charge is 2.18. The number of benzene rings is 1. The van der Waals surface area contributed by atoms with Crippen LogP contribution in [0.25, 0.3) is 16.9 Å². The molecule has 3 heterocycles. The van der Waals surface area contributed by atoms with Gasteiger partial charge in [-0.2, -0.15) is 10.1 Å². The zero-order valence-electron chi connectivity index (χ0n) is 13.1. The van der Waals surface area contributed by atoms with Gasteiger partial charge in [-0.05, 0) is 18.1 Å². The van der Waals surface area contributed by atoms with Crippen molar-refractivity contribution in [3.8, 4) is 11.1 Å². The first-order valence-electron chi connectivity index (χ1n) is 7.89. The van der Waals surface area contributed by atoms with Gasteiger partial charge in [0, 0.05) is 37.1 Å². The average molecular weight is 309 g/mol. The van der Waals surface area contributed by atoms with Gasteiger partial charge in [0.05, 0.1) is 13.2 Å². The van der Waals surface area contributed by atoms with Gasteiger partial charge in [0.1, 0.15) is 6.33 Å². The molecular weight excluding hydrogens is 290 g/mol. The molecule has 0 amide bonds. The number of rotatable bonds is 3. The van der Waals surface area contributed by atoms with Crippen molar-refractivity contribution in [2.45, 2.75) is 13.0 Å². The Morgan fingerprint density at radius 2 is 1.83 bits per heavy atom. The zero-order valence-corrected chi connectivity index (χ0v) is 13.1. The Hall–Kier alpha value is -2.31. The highest BCUT2D eigenvalue weighted by atomic mass is 16.5. The van der Waals surface area contributed by atoms with Crippen molar-refractivity contribution >= 4 is 5.78 Å². The molecule has 1 saturated heterocycles. The Kier molecular flexibility index (Phi) is 3.77. The molecule has 1 aliphatic rings. The van der Waals surface area contributed by atoms with Crippen molar-refractivity contribution in [1.82, 2.24) is 24.5 Å². The highest BCUT2D eigenvalue weighted by molar-refractivity contribution is 5.62. The molecule has 3 aromatic rings. The first-order chi connectivity index (χ1) is 11.3. The van der Waals surface area contributed by atoms with Crippen LogP contribution < -0.4 is 0 Å². The van der Waals surface area contributed by atoms with Crippen LogP contribution in [0.3, 0.4) is 0 Å². The summed E-state index contributed by atoms with van der Waals surface area (Å²) in [5, 5.41) is 4.14. The van der Waals surface area contributed by atoms with E-state index >= 15 is 0 Å². The molecule has 1 fully saturated rings. The molecule has 0 unspecified atom stereocenters. The predicted octanol–water partition coefficient (Wildman–Crippen LogP) is 2.18. The van der Waals surface area contributed by atoms with Gasteiger partial charge in [-0.3, -0.25) is 4.90 Å². The maximum atomic E-state index is 5.43. The summed E-state index contributed by atoms with van der Waals surface area (Å²) >= 11 is 0. The molecule has 6 nitrogen and oxygen atoms in total. The molecular formula is C17H19N5O. The summed E-state index contributed by atoms with van der Waals surface area (Å²) in [7, 11) is 0. The predicted molar refractivity (Wildman–Crippen MR) is 87.0 cm³/mol. The lowest BCUT2D eigenvalue weighted by atomic mass is 10.0. The van der Waals surface area contributed by atoms with Gasteiger partial charge < -0.3 is 4.74 Å². The Morgan fingerprint density at radius 1 is 1.04 bits per heavy atom. The summed E-state index contributed by atoms with van der Waals surface area (Å²) in [6.07, 6.45) is 5.30. The van der Waals surface area contributed by atoms with E-state index in [0.29, 0.717) is 11.8 Å². The van der Waals surface area contributed by atoms with Crippen molar-refractivity contribution in [3.63, 3.8) is 0 Å². The Morgan fingerprint density at radius 3 is 2.61 bits per heavy atom. The molecule has 6 heteroatoms. The SMILES string of the molecule is C[C@@H](c1ccc(-c2cnc3ncnn3c2)cc1)N1CCOCC1. The van der Waals surface area contributed by atoms with Crippen LogP contribution in [0.1, 0.15) is 18.5 Å². The molecule has 0 aliphatic carbocycles. The van der Waals surface area contributed by atoms with E-state index in [4.69, 9.17) is 4.74 Å². The van der Waals surface area contributed by atoms with E-state index in [9.17, 15) is 0 Å². The molecule has 118 valence electrons. The fourth-order valence-corrected chi connectivity index (χ4v) is 3.00. The minimum Gasteiger partial charge on any atom is -0.379 e. The second-order valence-electron chi connectivity index (χ2n) is 5.79. The van der Waals surface area contributed by atoms with Crippen LogP contribution in [0.2, 0.25) is 0 Å². The fourth-order valence-electron chi connectivity index (χ4n) is 3.00. The van der Waals surface area contributed by atoms with E-state index in [2.05, 4.69) is 51.2 Å². The molecule has 0 radical (unpaired) electrons. The highest BCUT2D eigenvalue weighted by Crippen LogP contribution is 2.25. The van der Waals surface area contributed by atoms with Crippen LogP contribution in [0.5, 0.6) is 0 Å². The average Bonchev–Trinajstić information content (AvgIpc) is 3.10. The van der Waals surface area contributed by atoms with Crippen LogP contribution in [-0.4, -0.2) is 50.8 Å². The number of hydrogen-bond acceptors (Lipinski definition) is 5. The summed E-state index contributed by atoms with van der Waals surface area (Å²) in [6.45, 7) is 5.90. The molecule has 0 N–H and O–H groups in total. The van der Waals surface area contributed by atoms with Gasteiger partial charge in [-0.1, -0.05) is 24.3 Å². The summed E-state index contributed by atoms with van der Waals surface area (Å²) in [4.78, 5) is 10.8. The number of aromatic nitrogens is 4. The van der Waals surface area contributed by atoms with Crippen LogP contribution >= 0.6 is 0 Å².